The molecule has 4 N–H and O–H groups in total. The summed E-state index contributed by atoms with van der Waals surface area (Å²) in [5, 5.41) is 5.68. The molecule has 15 heavy (non-hydrogen) atoms. The van der Waals surface area contributed by atoms with E-state index < -0.39 is 0 Å². The van der Waals surface area contributed by atoms with Gasteiger partial charge < -0.3 is 16.4 Å². The van der Waals surface area contributed by atoms with Gasteiger partial charge in [0.2, 0.25) is 5.91 Å². The van der Waals surface area contributed by atoms with E-state index >= 15 is 0 Å². The van der Waals surface area contributed by atoms with Gasteiger partial charge in [-0.2, -0.15) is 0 Å². The first-order chi connectivity index (χ1) is 6.60. The van der Waals surface area contributed by atoms with Crippen molar-refractivity contribution in [1.29, 1.82) is 0 Å². The second-order valence-electron chi connectivity index (χ2n) is 3.16. The van der Waals surface area contributed by atoms with Crippen LogP contribution in [0.2, 0.25) is 0 Å². The highest BCUT2D eigenvalue weighted by atomic mass is 127. The summed E-state index contributed by atoms with van der Waals surface area (Å²) in [6.45, 7) is 4.53. The highest BCUT2D eigenvalue weighted by Crippen LogP contribution is 1.88. The van der Waals surface area contributed by atoms with Crippen LogP contribution in [0.4, 0.5) is 0 Å². The van der Waals surface area contributed by atoms with Crippen molar-refractivity contribution in [3.8, 4) is 0 Å². The van der Waals surface area contributed by atoms with Crippen molar-refractivity contribution in [2.45, 2.75) is 32.7 Å². The van der Waals surface area contributed by atoms with Gasteiger partial charge in [-0.05, 0) is 13.3 Å². The van der Waals surface area contributed by atoms with Crippen LogP contribution in [0.15, 0.2) is 4.99 Å². The molecule has 1 atom stereocenters. The lowest BCUT2D eigenvalue weighted by Crippen LogP contribution is -2.37. The zero-order chi connectivity index (χ0) is 11.0. The van der Waals surface area contributed by atoms with Gasteiger partial charge in [0.05, 0.1) is 0 Å². The van der Waals surface area contributed by atoms with Crippen molar-refractivity contribution in [3.63, 3.8) is 0 Å². The number of guanidine groups is 1. The predicted octanol–water partition coefficient (Wildman–Crippen LogP) is 0.443. The molecular formula is C9H21IN4O. The topological polar surface area (TPSA) is 79.5 Å². The molecule has 1 unspecified atom stereocenters. The summed E-state index contributed by atoms with van der Waals surface area (Å²) in [5.41, 5.74) is 5.39. The van der Waals surface area contributed by atoms with Gasteiger partial charge in [0.1, 0.15) is 0 Å². The number of nitrogens with two attached hydrogens (primary N) is 1. The van der Waals surface area contributed by atoms with Crippen molar-refractivity contribution in [3.05, 3.63) is 0 Å². The summed E-state index contributed by atoms with van der Waals surface area (Å²) in [7, 11) is 1.60. The van der Waals surface area contributed by atoms with Crippen molar-refractivity contribution >= 4 is 35.8 Å². The van der Waals surface area contributed by atoms with E-state index in [-0.39, 0.29) is 35.9 Å². The number of hydrogen-bond donors (Lipinski definition) is 3. The van der Waals surface area contributed by atoms with Gasteiger partial charge >= 0.3 is 0 Å². The summed E-state index contributed by atoms with van der Waals surface area (Å²) >= 11 is 0. The van der Waals surface area contributed by atoms with Crippen LogP contribution in [0.25, 0.3) is 0 Å². The molecule has 0 aromatic heterocycles. The van der Waals surface area contributed by atoms with Crippen molar-refractivity contribution in [2.75, 3.05) is 13.6 Å². The number of amides is 1. The normalized spacial score (nSPS) is 12.6. The first-order valence-corrected chi connectivity index (χ1v) is 4.85. The van der Waals surface area contributed by atoms with Crippen LogP contribution < -0.4 is 16.4 Å². The van der Waals surface area contributed by atoms with Crippen LogP contribution in [0.1, 0.15) is 26.7 Å². The summed E-state index contributed by atoms with van der Waals surface area (Å²) in [5.74, 6) is 0.400. The molecule has 0 rings (SSSR count). The zero-order valence-electron chi connectivity index (χ0n) is 9.54. The molecule has 0 saturated heterocycles. The number of nitrogens with one attached hydrogen (secondary N) is 2. The molecule has 0 aliphatic carbocycles. The second-order valence-corrected chi connectivity index (χ2v) is 3.16. The maximum atomic E-state index is 11.3. The lowest BCUT2D eigenvalue weighted by molar-refractivity contribution is -0.121. The molecule has 1 amide bonds. The Bertz CT molecular complexity index is 208. The lowest BCUT2D eigenvalue weighted by Gasteiger charge is -2.11. The zero-order valence-corrected chi connectivity index (χ0v) is 11.9. The highest BCUT2D eigenvalue weighted by molar-refractivity contribution is 14.0. The monoisotopic (exact) mass is 328 g/mol. The number of halogens is 1. The third kappa shape index (κ3) is 9.77. The van der Waals surface area contributed by atoms with Crippen LogP contribution in [-0.2, 0) is 4.79 Å². The fraction of sp³-hybridized carbons (Fsp3) is 0.778. The van der Waals surface area contributed by atoms with Crippen LogP contribution >= 0.6 is 24.0 Å². The van der Waals surface area contributed by atoms with Crippen molar-refractivity contribution in [1.82, 2.24) is 10.6 Å². The molecule has 0 saturated carbocycles. The second kappa shape index (κ2) is 10.0. The molecule has 90 valence electrons. The molecule has 0 fully saturated rings. The van der Waals surface area contributed by atoms with Gasteiger partial charge in [0.15, 0.2) is 5.96 Å². The summed E-state index contributed by atoms with van der Waals surface area (Å²) < 4.78 is 0. The van der Waals surface area contributed by atoms with E-state index in [1.165, 1.54) is 0 Å². The largest absolute Gasteiger partial charge is 0.370 e. The van der Waals surface area contributed by atoms with E-state index in [4.69, 9.17) is 5.73 Å². The van der Waals surface area contributed by atoms with Gasteiger partial charge in [0.25, 0.3) is 0 Å². The quantitative estimate of drug-likeness (QED) is 0.389. The number of hydrogen-bond acceptors (Lipinski definition) is 2. The maximum Gasteiger partial charge on any atom is 0.221 e. The van der Waals surface area contributed by atoms with Gasteiger partial charge in [-0.15, -0.1) is 24.0 Å². The van der Waals surface area contributed by atoms with E-state index in [1.807, 2.05) is 13.8 Å². The SMILES string of the molecule is CCC(C)NC(=O)CCNC(N)=NC.I. The molecule has 6 heteroatoms. The third-order valence-corrected chi connectivity index (χ3v) is 1.92. The summed E-state index contributed by atoms with van der Waals surface area (Å²) in [4.78, 5) is 15.0. The maximum absolute atomic E-state index is 11.3. The standard InChI is InChI=1S/C9H20N4O.HI/c1-4-7(2)13-8(14)5-6-12-9(10)11-3;/h7H,4-6H2,1-3H3,(H,13,14)(H3,10,11,12);1H. The number of aliphatic imine (C=N–C) groups is 1. The van der Waals surface area contributed by atoms with Gasteiger partial charge in [-0.1, -0.05) is 6.92 Å². The minimum atomic E-state index is 0. The van der Waals surface area contributed by atoms with E-state index in [9.17, 15) is 4.79 Å². The highest BCUT2D eigenvalue weighted by Gasteiger charge is 2.04. The molecular weight excluding hydrogens is 307 g/mol. The van der Waals surface area contributed by atoms with Gasteiger partial charge in [-0.25, -0.2) is 0 Å². The smallest absolute Gasteiger partial charge is 0.221 e. The summed E-state index contributed by atoms with van der Waals surface area (Å²) in [6, 6.07) is 0.236. The Morgan fingerprint density at radius 2 is 2.13 bits per heavy atom. The predicted molar refractivity (Wildman–Crippen MR) is 73.5 cm³/mol. The lowest BCUT2D eigenvalue weighted by atomic mass is 10.2. The van der Waals surface area contributed by atoms with Crippen LogP contribution in [0.5, 0.6) is 0 Å². The molecule has 5 nitrogen and oxygen atoms in total. The molecule has 0 heterocycles. The van der Waals surface area contributed by atoms with Crippen LogP contribution in [0, 0.1) is 0 Å². The van der Waals surface area contributed by atoms with E-state index in [0.717, 1.165) is 6.42 Å². The van der Waals surface area contributed by atoms with Crippen LogP contribution in [0.3, 0.4) is 0 Å². The van der Waals surface area contributed by atoms with E-state index in [0.29, 0.717) is 18.9 Å². The molecule has 0 aromatic rings. The fourth-order valence-corrected chi connectivity index (χ4v) is 0.832. The minimum Gasteiger partial charge on any atom is -0.370 e. The number of carbonyl (C=O) groups is 1. The van der Waals surface area contributed by atoms with E-state index in [1.54, 1.807) is 7.05 Å². The molecule has 0 spiro atoms. The first-order valence-electron chi connectivity index (χ1n) is 4.85. The Morgan fingerprint density at radius 1 is 1.53 bits per heavy atom. The Hall–Kier alpha value is -0.530. The number of carbonyl (C=O) groups excluding carboxylic acids is 1. The van der Waals surface area contributed by atoms with Gasteiger partial charge in [-0.3, -0.25) is 9.79 Å². The molecule has 0 aliphatic rings. The van der Waals surface area contributed by atoms with Gasteiger partial charge in [0, 0.05) is 26.1 Å². The average Bonchev–Trinajstić information content (AvgIpc) is 2.17. The first kappa shape index (κ1) is 16.9. The number of rotatable bonds is 5. The van der Waals surface area contributed by atoms with Crippen molar-refractivity contribution < 1.29 is 4.79 Å². The Kier molecular flexibility index (Phi) is 11.3. The average molecular weight is 328 g/mol. The molecule has 0 aromatic carbocycles. The molecule has 0 bridgehead atoms. The van der Waals surface area contributed by atoms with Crippen LogP contribution in [-0.4, -0.2) is 31.5 Å². The Labute approximate surface area is 108 Å². The van der Waals surface area contributed by atoms with E-state index in [2.05, 4.69) is 15.6 Å². The summed E-state index contributed by atoms with van der Waals surface area (Å²) in [6.07, 6.45) is 1.36. The van der Waals surface area contributed by atoms with Crippen molar-refractivity contribution in [2.24, 2.45) is 10.7 Å². The third-order valence-electron chi connectivity index (χ3n) is 1.92. The molecule has 0 radical (unpaired) electrons. The fourth-order valence-electron chi connectivity index (χ4n) is 0.832. The molecule has 0 aliphatic heterocycles. The Balaban J connectivity index is 0. The number of nitrogens with zero attached hydrogens (tertiary/aromatic N) is 1. The Morgan fingerprint density at radius 3 is 2.60 bits per heavy atom. The minimum absolute atomic E-state index is 0.